The molecule has 0 spiro atoms. The minimum absolute atomic E-state index is 0.300. The van der Waals surface area contributed by atoms with E-state index in [-0.39, 0.29) is 0 Å². The largest absolute Gasteiger partial charge is 0.359 e. The number of amides is 3. The van der Waals surface area contributed by atoms with Gasteiger partial charge in [0.15, 0.2) is 0 Å². The number of fused-ring (bicyclic) bond motifs is 1. The second-order valence-electron chi connectivity index (χ2n) is 6.67. The summed E-state index contributed by atoms with van der Waals surface area (Å²) < 4.78 is 0. The third-order valence-electron chi connectivity index (χ3n) is 4.38. The minimum Gasteiger partial charge on any atom is -0.359 e. The number of para-hydroxylation sites is 1. The number of hydrogen-bond donors (Lipinski definition) is 4. The smallest absolute Gasteiger partial charge is 0.329 e. The number of carbonyl (C=O) groups excluding carboxylic acids is 2. The number of aliphatic hydroxyl groups is 1. The third-order valence-corrected chi connectivity index (χ3v) is 4.63. The summed E-state index contributed by atoms with van der Waals surface area (Å²) >= 11 is 5.94. The van der Waals surface area contributed by atoms with Crippen molar-refractivity contribution >= 4 is 34.9 Å². The van der Waals surface area contributed by atoms with E-state index >= 15 is 0 Å². The molecule has 0 aliphatic carbocycles. The number of hydrogen-bond acceptors (Lipinski definition) is 3. The molecule has 4 N–H and O–H groups in total. The highest BCUT2D eigenvalue weighted by Gasteiger charge is 2.51. The minimum atomic E-state index is -2.19. The first-order valence-electron chi connectivity index (χ1n) is 8.60. The normalized spacial score (nSPS) is 18.9. The lowest BCUT2D eigenvalue weighted by molar-refractivity contribution is -0.856. The monoisotopic (exact) mass is 389 g/mol. The molecule has 1 aliphatic rings. The number of halogens is 1. The average Bonchev–Trinajstić information content (AvgIpc) is 2.63. The summed E-state index contributed by atoms with van der Waals surface area (Å²) in [5.74, 6) is -0.666. The molecular weight excluding hydrogens is 368 g/mol. The Bertz CT molecular complexity index is 856. The van der Waals surface area contributed by atoms with E-state index in [4.69, 9.17) is 11.6 Å². The average molecular weight is 390 g/mol. The number of likely N-dealkylation sites (N-methyl/N-ethyl adjacent to an activating group) is 1. The molecule has 0 saturated carbocycles. The lowest BCUT2D eigenvalue weighted by atomic mass is 9.95. The second-order valence-corrected chi connectivity index (χ2v) is 7.11. The summed E-state index contributed by atoms with van der Waals surface area (Å²) in [5.41, 5.74) is -1.14. The van der Waals surface area contributed by atoms with E-state index in [9.17, 15) is 14.7 Å². The zero-order valence-corrected chi connectivity index (χ0v) is 15.9. The van der Waals surface area contributed by atoms with Crippen LogP contribution in [-0.2, 0) is 10.5 Å². The van der Waals surface area contributed by atoms with Crippen molar-refractivity contribution in [1.82, 2.24) is 5.32 Å². The number of urea groups is 1. The molecule has 8 heteroatoms. The molecule has 0 fully saturated rings. The highest BCUT2D eigenvalue weighted by molar-refractivity contribution is 6.30. The van der Waals surface area contributed by atoms with Gasteiger partial charge in [-0.2, -0.15) is 0 Å². The summed E-state index contributed by atoms with van der Waals surface area (Å²) in [7, 11) is 3.93. The topological polar surface area (TPSA) is 86.1 Å². The zero-order valence-electron chi connectivity index (χ0n) is 15.1. The van der Waals surface area contributed by atoms with Gasteiger partial charge in [-0.05, 0) is 30.3 Å². The Hall–Kier alpha value is -2.61. The molecule has 27 heavy (non-hydrogen) atoms. The Morgan fingerprint density at radius 1 is 1.22 bits per heavy atom. The van der Waals surface area contributed by atoms with Gasteiger partial charge in [-0.15, -0.1) is 0 Å². The summed E-state index contributed by atoms with van der Waals surface area (Å²) in [6.45, 7) is 1.04. The van der Waals surface area contributed by atoms with Crippen molar-refractivity contribution in [1.29, 1.82) is 0 Å². The van der Waals surface area contributed by atoms with Gasteiger partial charge in [0, 0.05) is 16.3 Å². The van der Waals surface area contributed by atoms with Gasteiger partial charge < -0.3 is 20.6 Å². The Morgan fingerprint density at radius 3 is 2.56 bits per heavy atom. The maximum atomic E-state index is 13.0. The van der Waals surface area contributed by atoms with E-state index in [1.807, 2.05) is 14.1 Å². The van der Waals surface area contributed by atoms with E-state index in [1.54, 1.807) is 48.5 Å². The van der Waals surface area contributed by atoms with Gasteiger partial charge in [-0.25, -0.2) is 4.79 Å². The van der Waals surface area contributed by atoms with E-state index < -0.39 is 17.7 Å². The maximum Gasteiger partial charge on any atom is 0.329 e. The molecule has 0 radical (unpaired) electrons. The van der Waals surface area contributed by atoms with Crippen LogP contribution >= 0.6 is 11.6 Å². The number of carbonyl (C=O) groups is 2. The summed E-state index contributed by atoms with van der Waals surface area (Å²) in [5, 5.41) is 17.5. The molecule has 1 unspecified atom stereocenters. The van der Waals surface area contributed by atoms with Crippen LogP contribution in [0, 0.1) is 0 Å². The van der Waals surface area contributed by atoms with Gasteiger partial charge >= 0.3 is 6.03 Å². The first-order valence-corrected chi connectivity index (χ1v) is 8.98. The number of anilines is 2. The fourth-order valence-electron chi connectivity index (χ4n) is 3.00. The van der Waals surface area contributed by atoms with Crippen molar-refractivity contribution < 1.29 is 19.6 Å². The van der Waals surface area contributed by atoms with Crippen LogP contribution in [0.3, 0.4) is 0 Å². The number of benzene rings is 2. The van der Waals surface area contributed by atoms with E-state index in [2.05, 4.69) is 10.6 Å². The number of nitrogens with zero attached hydrogens (tertiary/aromatic N) is 1. The van der Waals surface area contributed by atoms with Crippen molar-refractivity contribution in [3.63, 3.8) is 0 Å². The van der Waals surface area contributed by atoms with Crippen LogP contribution in [0.2, 0.25) is 5.02 Å². The number of nitrogens with one attached hydrogen (secondary N) is 3. The quantitative estimate of drug-likeness (QED) is 0.610. The van der Waals surface area contributed by atoms with Gasteiger partial charge in [0.1, 0.15) is 0 Å². The Morgan fingerprint density at radius 2 is 1.89 bits per heavy atom. The van der Waals surface area contributed by atoms with Crippen LogP contribution in [0.25, 0.3) is 0 Å². The molecule has 3 rings (SSSR count). The van der Waals surface area contributed by atoms with Crippen molar-refractivity contribution in [2.75, 3.05) is 37.4 Å². The summed E-state index contributed by atoms with van der Waals surface area (Å²) in [6.07, 6.45) is 0. The third kappa shape index (κ3) is 3.62. The lowest BCUT2D eigenvalue weighted by Gasteiger charge is -2.42. The predicted molar refractivity (Wildman–Crippen MR) is 104 cm³/mol. The molecular formula is C19H22ClN4O3+. The van der Waals surface area contributed by atoms with Crippen LogP contribution < -0.4 is 20.4 Å². The first kappa shape index (κ1) is 19.2. The van der Waals surface area contributed by atoms with Crippen molar-refractivity contribution in [2.45, 2.75) is 5.72 Å². The van der Waals surface area contributed by atoms with Gasteiger partial charge in [0.25, 0.3) is 11.6 Å². The zero-order chi connectivity index (χ0) is 19.6. The highest BCUT2D eigenvalue weighted by atomic mass is 35.5. The van der Waals surface area contributed by atoms with Crippen LogP contribution in [0.4, 0.5) is 16.2 Å². The van der Waals surface area contributed by atoms with Gasteiger partial charge in [-0.1, -0.05) is 29.8 Å². The predicted octanol–water partition coefficient (Wildman–Crippen LogP) is 0.798. The molecule has 0 saturated heterocycles. The maximum absolute atomic E-state index is 13.0. The van der Waals surface area contributed by atoms with Crippen molar-refractivity contribution in [3.8, 4) is 0 Å². The Balaban J connectivity index is 2.06. The molecule has 3 amide bonds. The van der Waals surface area contributed by atoms with E-state index in [0.717, 1.165) is 9.80 Å². The molecule has 7 nitrogen and oxygen atoms in total. The van der Waals surface area contributed by atoms with Crippen LogP contribution in [0.15, 0.2) is 48.5 Å². The fraction of sp³-hybridized carbons (Fsp3) is 0.263. The summed E-state index contributed by atoms with van der Waals surface area (Å²) in [6, 6.07) is 12.5. The second kappa shape index (κ2) is 7.56. The molecule has 2 aromatic rings. The van der Waals surface area contributed by atoms with Crippen LogP contribution in [0.5, 0.6) is 0 Å². The molecule has 0 bridgehead atoms. The molecule has 2 aromatic carbocycles. The van der Waals surface area contributed by atoms with Gasteiger partial charge in [-0.3, -0.25) is 9.69 Å². The Kier molecular flexibility index (Phi) is 5.36. The van der Waals surface area contributed by atoms with Gasteiger partial charge in [0.2, 0.25) is 0 Å². The van der Waals surface area contributed by atoms with Crippen LogP contribution in [0.1, 0.15) is 5.56 Å². The van der Waals surface area contributed by atoms with Crippen LogP contribution in [-0.4, -0.2) is 44.2 Å². The molecule has 1 aliphatic heterocycles. The lowest BCUT2D eigenvalue weighted by Crippen LogP contribution is -3.06. The molecule has 1 atom stereocenters. The van der Waals surface area contributed by atoms with E-state index in [0.29, 0.717) is 35.1 Å². The molecule has 142 valence electrons. The molecule has 1 heterocycles. The molecule has 0 aromatic heterocycles. The summed E-state index contributed by atoms with van der Waals surface area (Å²) in [4.78, 5) is 28.0. The van der Waals surface area contributed by atoms with Gasteiger partial charge in [0.05, 0.1) is 32.9 Å². The standard InChI is InChI=1S/C19H21ClN4O3/c1-23(2)12-11-21-17(25)19(27)15-5-3-4-6-16(15)22-18(26)24(19)14-9-7-13(20)8-10-14/h3-10,27H,11-12H2,1-2H3,(H,21,25)(H,22,26)/p+1. The number of quaternary nitrogens is 1. The van der Waals surface area contributed by atoms with E-state index in [1.165, 1.54) is 0 Å². The fourth-order valence-corrected chi connectivity index (χ4v) is 3.13. The van der Waals surface area contributed by atoms with Crippen molar-refractivity contribution in [2.24, 2.45) is 0 Å². The van der Waals surface area contributed by atoms with Crippen molar-refractivity contribution in [3.05, 3.63) is 59.1 Å². The highest BCUT2D eigenvalue weighted by Crippen LogP contribution is 2.39. The SMILES string of the molecule is C[NH+](C)CCNC(=O)C1(O)c2ccccc2NC(=O)N1c1ccc(Cl)cc1. The first-order chi connectivity index (χ1) is 12.8. The number of rotatable bonds is 5. The Labute approximate surface area is 162 Å².